The van der Waals surface area contributed by atoms with Gasteiger partial charge in [0.25, 0.3) is 0 Å². The standard InChI is InChI=1S/C15H17N3S2/c1-8-5-6-13-12(7-8)17-15(19)18(13)10(3)14-9(2)16-11(4)20-14/h5-7,10H,1-4H3,(H,17,19). The van der Waals surface area contributed by atoms with E-state index in [0.717, 1.165) is 26.5 Å². The molecule has 0 aliphatic heterocycles. The largest absolute Gasteiger partial charge is 0.331 e. The Kier molecular flexibility index (Phi) is 3.26. The number of fused-ring (bicyclic) bond motifs is 1. The van der Waals surface area contributed by atoms with Crippen LogP contribution in [0, 0.1) is 25.5 Å². The summed E-state index contributed by atoms with van der Waals surface area (Å²) in [5.41, 5.74) is 4.58. The summed E-state index contributed by atoms with van der Waals surface area (Å²) >= 11 is 7.26. The van der Waals surface area contributed by atoms with Gasteiger partial charge in [-0.1, -0.05) is 6.07 Å². The lowest BCUT2D eigenvalue weighted by Gasteiger charge is -2.13. The van der Waals surface area contributed by atoms with Crippen molar-refractivity contribution in [3.8, 4) is 0 Å². The Labute approximate surface area is 127 Å². The van der Waals surface area contributed by atoms with E-state index < -0.39 is 0 Å². The summed E-state index contributed by atoms with van der Waals surface area (Å²) in [6, 6.07) is 6.60. The van der Waals surface area contributed by atoms with Gasteiger partial charge >= 0.3 is 0 Å². The summed E-state index contributed by atoms with van der Waals surface area (Å²) in [7, 11) is 0. The van der Waals surface area contributed by atoms with Crippen LogP contribution in [0.5, 0.6) is 0 Å². The Hall–Kier alpha value is -1.46. The average molecular weight is 303 g/mol. The molecule has 20 heavy (non-hydrogen) atoms. The van der Waals surface area contributed by atoms with Crippen molar-refractivity contribution in [3.63, 3.8) is 0 Å². The molecule has 1 unspecified atom stereocenters. The van der Waals surface area contributed by atoms with E-state index in [1.807, 2.05) is 6.92 Å². The van der Waals surface area contributed by atoms with Crippen molar-refractivity contribution in [1.82, 2.24) is 14.5 Å². The molecule has 5 heteroatoms. The number of aromatic amines is 1. The van der Waals surface area contributed by atoms with Gasteiger partial charge in [-0.25, -0.2) is 4.98 Å². The molecular formula is C15H17N3S2. The monoisotopic (exact) mass is 303 g/mol. The summed E-state index contributed by atoms with van der Waals surface area (Å²) in [5, 5.41) is 1.10. The third-order valence-electron chi connectivity index (χ3n) is 3.58. The zero-order valence-corrected chi connectivity index (χ0v) is 13.7. The van der Waals surface area contributed by atoms with Crippen LogP contribution in [0.4, 0.5) is 0 Å². The van der Waals surface area contributed by atoms with Gasteiger partial charge in [-0.3, -0.25) is 0 Å². The molecule has 1 N–H and O–H groups in total. The molecule has 1 aromatic carbocycles. The van der Waals surface area contributed by atoms with Crippen LogP contribution in [0.25, 0.3) is 11.0 Å². The molecule has 0 fully saturated rings. The maximum absolute atomic E-state index is 5.51. The van der Waals surface area contributed by atoms with E-state index in [0.29, 0.717) is 0 Å². The van der Waals surface area contributed by atoms with Crippen molar-refractivity contribution < 1.29 is 0 Å². The van der Waals surface area contributed by atoms with Crippen LogP contribution in [0.2, 0.25) is 0 Å². The highest BCUT2D eigenvalue weighted by Crippen LogP contribution is 2.30. The van der Waals surface area contributed by atoms with Gasteiger partial charge in [0.1, 0.15) is 0 Å². The molecule has 0 amide bonds. The fourth-order valence-electron chi connectivity index (χ4n) is 2.68. The summed E-state index contributed by atoms with van der Waals surface area (Å²) in [6.45, 7) is 8.39. The first-order valence-corrected chi connectivity index (χ1v) is 7.84. The van der Waals surface area contributed by atoms with E-state index in [9.17, 15) is 0 Å². The van der Waals surface area contributed by atoms with Crippen molar-refractivity contribution in [3.05, 3.63) is 44.1 Å². The fraction of sp³-hybridized carbons (Fsp3) is 0.333. The van der Waals surface area contributed by atoms with Crippen LogP contribution in [0.15, 0.2) is 18.2 Å². The first-order chi connectivity index (χ1) is 9.47. The number of H-pyrrole nitrogens is 1. The molecule has 0 saturated carbocycles. The van der Waals surface area contributed by atoms with Crippen LogP contribution in [0.3, 0.4) is 0 Å². The van der Waals surface area contributed by atoms with Crippen LogP contribution in [-0.2, 0) is 0 Å². The molecule has 0 aliphatic carbocycles. The van der Waals surface area contributed by atoms with E-state index in [4.69, 9.17) is 12.2 Å². The summed E-state index contributed by atoms with van der Waals surface area (Å²) < 4.78 is 2.95. The van der Waals surface area contributed by atoms with Gasteiger partial charge in [0, 0.05) is 0 Å². The van der Waals surface area contributed by atoms with Gasteiger partial charge in [0.15, 0.2) is 4.77 Å². The SMILES string of the molecule is Cc1ccc2c(c1)[nH]c(=S)n2C(C)c1sc(C)nc1C. The molecule has 0 saturated heterocycles. The minimum absolute atomic E-state index is 0.199. The molecule has 2 heterocycles. The van der Waals surface area contributed by atoms with E-state index in [2.05, 4.69) is 53.5 Å². The first kappa shape index (κ1) is 13.5. The van der Waals surface area contributed by atoms with E-state index in [1.54, 1.807) is 11.3 Å². The maximum atomic E-state index is 5.51. The third-order valence-corrected chi connectivity index (χ3v) is 5.12. The van der Waals surface area contributed by atoms with Crippen molar-refractivity contribution >= 4 is 34.6 Å². The number of aromatic nitrogens is 3. The zero-order valence-electron chi connectivity index (χ0n) is 12.0. The molecule has 3 rings (SSSR count). The lowest BCUT2D eigenvalue weighted by Crippen LogP contribution is -2.06. The smallest absolute Gasteiger partial charge is 0.178 e. The molecule has 104 valence electrons. The van der Waals surface area contributed by atoms with Crippen molar-refractivity contribution in [2.75, 3.05) is 0 Å². The van der Waals surface area contributed by atoms with Gasteiger partial charge in [-0.15, -0.1) is 11.3 Å². The second-order valence-electron chi connectivity index (χ2n) is 5.18. The molecule has 0 bridgehead atoms. The Balaban J connectivity index is 2.21. The lowest BCUT2D eigenvalue weighted by atomic mass is 10.2. The highest BCUT2D eigenvalue weighted by molar-refractivity contribution is 7.71. The van der Waals surface area contributed by atoms with Crippen molar-refractivity contribution in [1.29, 1.82) is 0 Å². The molecule has 0 radical (unpaired) electrons. The van der Waals surface area contributed by atoms with Crippen LogP contribution in [0.1, 0.15) is 34.1 Å². The lowest BCUT2D eigenvalue weighted by molar-refractivity contribution is 0.655. The second-order valence-corrected chi connectivity index (χ2v) is 6.80. The Morgan fingerprint density at radius 3 is 2.70 bits per heavy atom. The van der Waals surface area contributed by atoms with Gasteiger partial charge < -0.3 is 9.55 Å². The summed E-state index contributed by atoms with van der Waals surface area (Å²) in [5.74, 6) is 0. The molecule has 3 aromatic rings. The highest BCUT2D eigenvalue weighted by atomic mass is 32.1. The minimum atomic E-state index is 0.199. The van der Waals surface area contributed by atoms with E-state index in [-0.39, 0.29) is 6.04 Å². The van der Waals surface area contributed by atoms with Gasteiger partial charge in [0.05, 0.1) is 32.7 Å². The minimum Gasteiger partial charge on any atom is -0.331 e. The number of thiazole rings is 1. The van der Waals surface area contributed by atoms with Crippen molar-refractivity contribution in [2.24, 2.45) is 0 Å². The topological polar surface area (TPSA) is 33.6 Å². The van der Waals surface area contributed by atoms with E-state index >= 15 is 0 Å². The number of nitrogens with zero attached hydrogens (tertiary/aromatic N) is 2. The van der Waals surface area contributed by atoms with E-state index in [1.165, 1.54) is 10.4 Å². The number of aryl methyl sites for hydroxylation is 3. The maximum Gasteiger partial charge on any atom is 0.178 e. The Morgan fingerprint density at radius 2 is 2.05 bits per heavy atom. The normalized spacial score (nSPS) is 13.0. The molecule has 2 aromatic heterocycles. The quantitative estimate of drug-likeness (QED) is 0.697. The predicted molar refractivity (Wildman–Crippen MR) is 87.3 cm³/mol. The highest BCUT2D eigenvalue weighted by Gasteiger charge is 2.17. The summed E-state index contributed by atoms with van der Waals surface area (Å²) in [4.78, 5) is 9.11. The van der Waals surface area contributed by atoms with Gasteiger partial charge in [0.2, 0.25) is 0 Å². The van der Waals surface area contributed by atoms with Gasteiger partial charge in [-0.2, -0.15) is 0 Å². The first-order valence-electron chi connectivity index (χ1n) is 6.62. The second kappa shape index (κ2) is 4.82. The molecular weight excluding hydrogens is 286 g/mol. The number of imidazole rings is 1. The number of nitrogens with one attached hydrogen (secondary N) is 1. The third kappa shape index (κ3) is 2.11. The Bertz CT molecular complexity index is 839. The van der Waals surface area contributed by atoms with Gasteiger partial charge in [-0.05, 0) is 57.6 Å². The van der Waals surface area contributed by atoms with Crippen LogP contribution in [-0.4, -0.2) is 14.5 Å². The fourth-order valence-corrected chi connectivity index (χ4v) is 4.02. The molecule has 0 aliphatic rings. The average Bonchev–Trinajstić information content (AvgIpc) is 2.87. The van der Waals surface area contributed by atoms with Crippen LogP contribution >= 0.6 is 23.6 Å². The van der Waals surface area contributed by atoms with Crippen molar-refractivity contribution in [2.45, 2.75) is 33.7 Å². The molecule has 0 spiro atoms. The summed E-state index contributed by atoms with van der Waals surface area (Å²) in [6.07, 6.45) is 0. The number of hydrogen-bond acceptors (Lipinski definition) is 3. The molecule has 3 nitrogen and oxygen atoms in total. The van der Waals surface area contributed by atoms with Crippen LogP contribution < -0.4 is 0 Å². The Morgan fingerprint density at radius 1 is 1.30 bits per heavy atom. The number of hydrogen-bond donors (Lipinski definition) is 1. The predicted octanol–water partition coefficient (Wildman–Crippen LogP) is 4.69. The molecule has 1 atom stereocenters. The number of benzene rings is 1. The zero-order chi connectivity index (χ0) is 14.4. The number of rotatable bonds is 2.